The summed E-state index contributed by atoms with van der Waals surface area (Å²) in [5.41, 5.74) is -0.407. The average molecular weight is 404 g/mol. The molecule has 2 aromatic carbocycles. The Kier molecular flexibility index (Phi) is 5.82. The molecule has 0 unspecified atom stereocenters. The van der Waals surface area contributed by atoms with Crippen LogP contribution in [0.5, 0.6) is 17.5 Å². The van der Waals surface area contributed by atoms with E-state index in [1.807, 2.05) is 0 Å². The maximum Gasteiger partial charge on any atom is 0.416 e. The van der Waals surface area contributed by atoms with E-state index in [4.69, 9.17) is 9.47 Å². The number of urea groups is 1. The molecular weight excluding hydrogens is 389 g/mol. The first-order valence-corrected chi connectivity index (χ1v) is 8.23. The molecule has 2 amide bonds. The smallest absolute Gasteiger partial charge is 0.416 e. The Morgan fingerprint density at radius 1 is 0.931 bits per heavy atom. The standard InChI is InChI=1S/C19H15F3N4O3/c1-28-16-10-17(24-11-23-16)29-15-7-5-13(6-8-15)25-18(27)26-14-4-2-3-12(9-14)19(20,21)22/h2-11H,1H3,(H2,25,26,27). The third-order valence-corrected chi connectivity index (χ3v) is 3.61. The number of aromatic nitrogens is 2. The minimum atomic E-state index is -4.49. The Morgan fingerprint density at radius 3 is 2.31 bits per heavy atom. The van der Waals surface area contributed by atoms with E-state index in [1.165, 1.54) is 31.6 Å². The first-order valence-electron chi connectivity index (χ1n) is 8.23. The maximum atomic E-state index is 12.7. The van der Waals surface area contributed by atoms with Crippen molar-refractivity contribution in [2.45, 2.75) is 6.18 Å². The number of nitrogens with one attached hydrogen (secondary N) is 2. The van der Waals surface area contributed by atoms with E-state index in [9.17, 15) is 18.0 Å². The van der Waals surface area contributed by atoms with Crippen molar-refractivity contribution >= 4 is 17.4 Å². The van der Waals surface area contributed by atoms with Crippen LogP contribution in [0.25, 0.3) is 0 Å². The van der Waals surface area contributed by atoms with Gasteiger partial charge in [0.2, 0.25) is 11.8 Å². The lowest BCUT2D eigenvalue weighted by Gasteiger charge is -2.11. The zero-order valence-corrected chi connectivity index (χ0v) is 15.0. The van der Waals surface area contributed by atoms with Gasteiger partial charge in [0.25, 0.3) is 0 Å². The fourth-order valence-corrected chi connectivity index (χ4v) is 2.28. The van der Waals surface area contributed by atoms with Crippen LogP contribution in [0.15, 0.2) is 60.9 Å². The van der Waals surface area contributed by atoms with Gasteiger partial charge in [-0.3, -0.25) is 0 Å². The number of alkyl halides is 3. The lowest BCUT2D eigenvalue weighted by molar-refractivity contribution is -0.137. The van der Waals surface area contributed by atoms with Gasteiger partial charge in [-0.1, -0.05) is 6.07 Å². The van der Waals surface area contributed by atoms with Crippen LogP contribution in [0.3, 0.4) is 0 Å². The number of hydrogen-bond donors (Lipinski definition) is 2. The highest BCUT2D eigenvalue weighted by Crippen LogP contribution is 2.30. The molecule has 3 rings (SSSR count). The first kappa shape index (κ1) is 19.9. The lowest BCUT2D eigenvalue weighted by atomic mass is 10.2. The van der Waals surface area contributed by atoms with Crippen LogP contribution in [0.1, 0.15) is 5.56 Å². The Hall–Kier alpha value is -3.82. The van der Waals surface area contributed by atoms with Crippen molar-refractivity contribution in [2.75, 3.05) is 17.7 Å². The minimum Gasteiger partial charge on any atom is -0.481 e. The van der Waals surface area contributed by atoms with Crippen molar-refractivity contribution in [3.63, 3.8) is 0 Å². The topological polar surface area (TPSA) is 85.4 Å². The number of amides is 2. The second-order valence-electron chi connectivity index (χ2n) is 5.68. The fourth-order valence-electron chi connectivity index (χ4n) is 2.28. The molecule has 0 aliphatic heterocycles. The number of hydrogen-bond acceptors (Lipinski definition) is 5. The maximum absolute atomic E-state index is 12.7. The van der Waals surface area contributed by atoms with E-state index < -0.39 is 17.8 Å². The fraction of sp³-hybridized carbons (Fsp3) is 0.105. The van der Waals surface area contributed by atoms with Crippen molar-refractivity contribution < 1.29 is 27.4 Å². The van der Waals surface area contributed by atoms with Gasteiger partial charge in [-0.25, -0.2) is 14.8 Å². The van der Waals surface area contributed by atoms with E-state index in [0.29, 0.717) is 17.3 Å². The van der Waals surface area contributed by atoms with E-state index in [0.717, 1.165) is 12.1 Å². The van der Waals surface area contributed by atoms with Crippen molar-refractivity contribution in [3.8, 4) is 17.5 Å². The molecule has 1 heterocycles. The Bertz CT molecular complexity index is 994. The summed E-state index contributed by atoms with van der Waals surface area (Å²) in [4.78, 5) is 19.8. The molecule has 0 spiro atoms. The molecule has 0 atom stereocenters. The van der Waals surface area contributed by atoms with Gasteiger partial charge in [0.1, 0.15) is 12.1 Å². The largest absolute Gasteiger partial charge is 0.481 e. The molecule has 0 bridgehead atoms. The summed E-state index contributed by atoms with van der Waals surface area (Å²) < 4.78 is 48.7. The molecule has 150 valence electrons. The van der Waals surface area contributed by atoms with Gasteiger partial charge < -0.3 is 20.1 Å². The highest BCUT2D eigenvalue weighted by atomic mass is 19.4. The molecule has 3 aromatic rings. The van der Waals surface area contributed by atoms with E-state index >= 15 is 0 Å². The molecule has 0 aliphatic rings. The third kappa shape index (κ3) is 5.58. The number of methoxy groups -OCH3 is 1. The summed E-state index contributed by atoms with van der Waals surface area (Å²) in [6.07, 6.45) is -3.19. The molecule has 0 radical (unpaired) electrons. The second-order valence-corrected chi connectivity index (χ2v) is 5.68. The number of nitrogens with zero attached hydrogens (tertiary/aromatic N) is 2. The van der Waals surface area contributed by atoms with E-state index in [-0.39, 0.29) is 11.6 Å². The summed E-state index contributed by atoms with van der Waals surface area (Å²) in [5, 5.41) is 4.88. The van der Waals surface area contributed by atoms with Crippen LogP contribution in [-0.4, -0.2) is 23.1 Å². The molecule has 0 saturated heterocycles. The minimum absolute atomic E-state index is 0.0231. The number of halogens is 3. The molecule has 0 fully saturated rings. The molecule has 29 heavy (non-hydrogen) atoms. The number of carbonyl (C=O) groups excluding carboxylic acids is 1. The highest BCUT2D eigenvalue weighted by molar-refractivity contribution is 5.99. The highest BCUT2D eigenvalue weighted by Gasteiger charge is 2.30. The number of rotatable bonds is 5. The second kappa shape index (κ2) is 8.46. The van der Waals surface area contributed by atoms with Crippen LogP contribution in [0.2, 0.25) is 0 Å². The average Bonchev–Trinajstić information content (AvgIpc) is 2.69. The summed E-state index contributed by atoms with van der Waals surface area (Å²) in [7, 11) is 1.47. The summed E-state index contributed by atoms with van der Waals surface area (Å²) in [6, 6.07) is 11.5. The summed E-state index contributed by atoms with van der Waals surface area (Å²) >= 11 is 0. The quantitative estimate of drug-likeness (QED) is 0.629. The summed E-state index contributed by atoms with van der Waals surface area (Å²) in [6.45, 7) is 0. The molecule has 1 aromatic heterocycles. The number of anilines is 2. The van der Waals surface area contributed by atoms with Gasteiger partial charge in [-0.2, -0.15) is 13.2 Å². The van der Waals surface area contributed by atoms with Gasteiger partial charge in [-0.05, 0) is 42.5 Å². The van der Waals surface area contributed by atoms with Crippen LogP contribution in [0.4, 0.5) is 29.3 Å². The Balaban J connectivity index is 1.60. The zero-order chi connectivity index (χ0) is 20.9. The van der Waals surface area contributed by atoms with Gasteiger partial charge in [0.05, 0.1) is 18.7 Å². The SMILES string of the molecule is COc1cc(Oc2ccc(NC(=O)Nc3cccc(C(F)(F)F)c3)cc2)ncn1. The predicted molar refractivity (Wildman–Crippen MR) is 99.2 cm³/mol. The third-order valence-electron chi connectivity index (χ3n) is 3.61. The van der Waals surface area contributed by atoms with Crippen LogP contribution < -0.4 is 20.1 Å². The van der Waals surface area contributed by atoms with Gasteiger partial charge in [0.15, 0.2) is 0 Å². The first-order chi connectivity index (χ1) is 13.8. The van der Waals surface area contributed by atoms with Crippen LogP contribution >= 0.6 is 0 Å². The van der Waals surface area contributed by atoms with E-state index in [1.54, 1.807) is 24.3 Å². The summed E-state index contributed by atoms with van der Waals surface area (Å²) in [5.74, 6) is 1.08. The van der Waals surface area contributed by atoms with Crippen molar-refractivity contribution in [3.05, 3.63) is 66.5 Å². The molecule has 0 aliphatic carbocycles. The lowest BCUT2D eigenvalue weighted by Crippen LogP contribution is -2.19. The van der Waals surface area contributed by atoms with Crippen molar-refractivity contribution in [1.82, 2.24) is 9.97 Å². The zero-order valence-electron chi connectivity index (χ0n) is 15.0. The van der Waals surface area contributed by atoms with Crippen molar-refractivity contribution in [2.24, 2.45) is 0 Å². The van der Waals surface area contributed by atoms with Crippen LogP contribution in [-0.2, 0) is 6.18 Å². The van der Waals surface area contributed by atoms with E-state index in [2.05, 4.69) is 20.6 Å². The number of benzene rings is 2. The predicted octanol–water partition coefficient (Wildman–Crippen LogP) is 4.94. The normalized spacial score (nSPS) is 10.9. The molecule has 0 saturated carbocycles. The monoisotopic (exact) mass is 404 g/mol. The van der Waals surface area contributed by atoms with Gasteiger partial charge >= 0.3 is 12.2 Å². The van der Waals surface area contributed by atoms with Gasteiger partial charge in [-0.15, -0.1) is 0 Å². The Morgan fingerprint density at radius 2 is 1.62 bits per heavy atom. The van der Waals surface area contributed by atoms with Crippen LogP contribution in [0, 0.1) is 0 Å². The van der Waals surface area contributed by atoms with Crippen molar-refractivity contribution in [1.29, 1.82) is 0 Å². The number of ether oxygens (including phenoxy) is 2. The molecule has 2 N–H and O–H groups in total. The molecular formula is C19H15F3N4O3. The van der Waals surface area contributed by atoms with Gasteiger partial charge in [0, 0.05) is 11.4 Å². The number of carbonyl (C=O) groups is 1. The molecule has 10 heteroatoms. The molecule has 7 nitrogen and oxygen atoms in total. The Labute approximate surface area is 163 Å².